The van der Waals surface area contributed by atoms with E-state index in [4.69, 9.17) is 9.15 Å². The maximum absolute atomic E-state index is 5.73. The van der Waals surface area contributed by atoms with Crippen LogP contribution in [0.15, 0.2) is 16.7 Å². The first-order valence-electron chi connectivity index (χ1n) is 6.82. The van der Waals surface area contributed by atoms with E-state index in [0.717, 1.165) is 38.5 Å². The molecule has 0 spiro atoms. The molecule has 0 radical (unpaired) electrons. The summed E-state index contributed by atoms with van der Waals surface area (Å²) in [5.74, 6) is 1.05. The summed E-state index contributed by atoms with van der Waals surface area (Å²) in [7, 11) is 0. The van der Waals surface area contributed by atoms with Crippen molar-refractivity contribution in [2.45, 2.75) is 46.1 Å². The molecule has 4 heteroatoms. The van der Waals surface area contributed by atoms with Gasteiger partial charge in [0.1, 0.15) is 5.76 Å². The zero-order valence-electron chi connectivity index (χ0n) is 11.6. The van der Waals surface area contributed by atoms with E-state index in [1.807, 2.05) is 6.26 Å². The second-order valence-electron chi connectivity index (χ2n) is 5.15. The Bertz CT molecular complexity index is 354. The fourth-order valence-electron chi connectivity index (χ4n) is 2.51. The van der Waals surface area contributed by atoms with Crippen LogP contribution in [0, 0.1) is 0 Å². The van der Waals surface area contributed by atoms with Crippen molar-refractivity contribution in [3.63, 3.8) is 0 Å². The van der Waals surface area contributed by atoms with Crippen LogP contribution in [0.5, 0.6) is 0 Å². The molecule has 102 valence electrons. The number of morpholine rings is 1. The first-order chi connectivity index (χ1) is 8.67. The zero-order chi connectivity index (χ0) is 13.0. The molecule has 1 aromatic rings. The quantitative estimate of drug-likeness (QED) is 0.870. The smallest absolute Gasteiger partial charge is 0.118 e. The van der Waals surface area contributed by atoms with Crippen LogP contribution in [0.1, 0.15) is 32.1 Å². The van der Waals surface area contributed by atoms with E-state index in [2.05, 4.69) is 37.1 Å². The summed E-state index contributed by atoms with van der Waals surface area (Å²) >= 11 is 0. The van der Waals surface area contributed by atoms with Gasteiger partial charge in [0.25, 0.3) is 0 Å². The Morgan fingerprint density at radius 2 is 2.06 bits per heavy atom. The molecule has 18 heavy (non-hydrogen) atoms. The number of ether oxygens (including phenoxy) is 1. The van der Waals surface area contributed by atoms with Crippen LogP contribution < -0.4 is 5.32 Å². The van der Waals surface area contributed by atoms with E-state index in [-0.39, 0.29) is 0 Å². The van der Waals surface area contributed by atoms with Crippen LogP contribution in [0.2, 0.25) is 0 Å². The average Bonchev–Trinajstić information content (AvgIpc) is 2.72. The monoisotopic (exact) mass is 252 g/mol. The highest BCUT2D eigenvalue weighted by Gasteiger charge is 2.22. The van der Waals surface area contributed by atoms with Crippen molar-refractivity contribution in [3.05, 3.63) is 23.7 Å². The Labute approximate surface area is 109 Å². The summed E-state index contributed by atoms with van der Waals surface area (Å²) in [5.41, 5.74) is 1.22. The van der Waals surface area contributed by atoms with Gasteiger partial charge >= 0.3 is 0 Å². The lowest BCUT2D eigenvalue weighted by Gasteiger charge is -2.34. The summed E-state index contributed by atoms with van der Waals surface area (Å²) in [6.45, 7) is 11.1. The number of nitrogens with one attached hydrogen (secondary N) is 1. The molecule has 0 saturated carbocycles. The lowest BCUT2D eigenvalue weighted by atomic mass is 10.2. The van der Waals surface area contributed by atoms with Gasteiger partial charge in [0.15, 0.2) is 0 Å². The van der Waals surface area contributed by atoms with E-state index >= 15 is 0 Å². The van der Waals surface area contributed by atoms with Gasteiger partial charge in [-0.05, 0) is 26.5 Å². The lowest BCUT2D eigenvalue weighted by molar-refractivity contribution is -0.0718. The molecule has 2 heterocycles. The third kappa shape index (κ3) is 3.83. The molecule has 1 fully saturated rings. The summed E-state index contributed by atoms with van der Waals surface area (Å²) in [6.07, 6.45) is 2.47. The summed E-state index contributed by atoms with van der Waals surface area (Å²) in [5, 5.41) is 3.30. The van der Waals surface area contributed by atoms with E-state index in [1.165, 1.54) is 5.56 Å². The highest BCUT2D eigenvalue weighted by atomic mass is 16.5. The predicted molar refractivity (Wildman–Crippen MR) is 71.4 cm³/mol. The minimum absolute atomic E-state index is 0.310. The minimum atomic E-state index is 0.310. The Morgan fingerprint density at radius 1 is 1.33 bits per heavy atom. The largest absolute Gasteiger partial charge is 0.468 e. The van der Waals surface area contributed by atoms with Crippen molar-refractivity contribution in [3.8, 4) is 0 Å². The van der Waals surface area contributed by atoms with Gasteiger partial charge in [-0.15, -0.1) is 0 Å². The number of furan rings is 1. The highest BCUT2D eigenvalue weighted by molar-refractivity contribution is 5.12. The first kappa shape index (κ1) is 13.6. The van der Waals surface area contributed by atoms with E-state index in [1.54, 1.807) is 0 Å². The first-order valence-corrected chi connectivity index (χ1v) is 6.82. The van der Waals surface area contributed by atoms with Gasteiger partial charge in [-0.25, -0.2) is 0 Å². The lowest BCUT2D eigenvalue weighted by Crippen LogP contribution is -2.44. The molecule has 0 aromatic carbocycles. The average molecular weight is 252 g/mol. The molecule has 1 saturated heterocycles. The second kappa shape index (κ2) is 6.36. The van der Waals surface area contributed by atoms with Gasteiger partial charge in [-0.2, -0.15) is 0 Å². The Hall–Kier alpha value is -0.840. The number of nitrogens with zero attached hydrogens (tertiary/aromatic N) is 1. The minimum Gasteiger partial charge on any atom is -0.468 e. The van der Waals surface area contributed by atoms with E-state index in [0.29, 0.717) is 12.2 Å². The zero-order valence-corrected chi connectivity index (χ0v) is 11.6. The molecule has 4 nitrogen and oxygen atoms in total. The maximum atomic E-state index is 5.73. The third-order valence-electron chi connectivity index (χ3n) is 3.16. The Kier molecular flexibility index (Phi) is 4.80. The molecule has 2 rings (SSSR count). The normalized spacial score (nSPS) is 25.5. The summed E-state index contributed by atoms with van der Waals surface area (Å²) in [6, 6.07) is 2.15. The molecular formula is C14H24N2O2. The highest BCUT2D eigenvalue weighted by Crippen LogP contribution is 2.16. The SMILES string of the molecule is CCNCc1coc(CN2C[C@@H](C)O[C@@H](C)C2)c1. The summed E-state index contributed by atoms with van der Waals surface area (Å²) in [4.78, 5) is 2.40. The van der Waals surface area contributed by atoms with Gasteiger partial charge < -0.3 is 14.5 Å². The van der Waals surface area contributed by atoms with E-state index in [9.17, 15) is 0 Å². The van der Waals surface area contributed by atoms with Crippen molar-refractivity contribution in [1.82, 2.24) is 10.2 Å². The topological polar surface area (TPSA) is 37.6 Å². The van der Waals surface area contributed by atoms with Gasteiger partial charge in [-0.3, -0.25) is 4.90 Å². The van der Waals surface area contributed by atoms with Crippen molar-refractivity contribution in [2.24, 2.45) is 0 Å². The molecule has 1 aliphatic rings. The van der Waals surface area contributed by atoms with Crippen LogP contribution >= 0.6 is 0 Å². The van der Waals surface area contributed by atoms with Crippen LogP contribution in [0.4, 0.5) is 0 Å². The molecular weight excluding hydrogens is 228 g/mol. The van der Waals surface area contributed by atoms with Crippen molar-refractivity contribution < 1.29 is 9.15 Å². The van der Waals surface area contributed by atoms with Crippen LogP contribution in [-0.4, -0.2) is 36.7 Å². The summed E-state index contributed by atoms with van der Waals surface area (Å²) < 4.78 is 11.3. The van der Waals surface area contributed by atoms with Crippen molar-refractivity contribution >= 4 is 0 Å². The molecule has 0 bridgehead atoms. The predicted octanol–water partition coefficient (Wildman–Crippen LogP) is 2.00. The van der Waals surface area contributed by atoms with E-state index < -0.39 is 0 Å². The van der Waals surface area contributed by atoms with Crippen LogP contribution in [0.25, 0.3) is 0 Å². The van der Waals surface area contributed by atoms with Gasteiger partial charge in [0, 0.05) is 25.2 Å². The second-order valence-corrected chi connectivity index (χ2v) is 5.15. The molecule has 1 N–H and O–H groups in total. The van der Waals surface area contributed by atoms with Gasteiger partial charge in [0.2, 0.25) is 0 Å². The molecule has 2 atom stereocenters. The third-order valence-corrected chi connectivity index (χ3v) is 3.16. The standard InChI is InChI=1S/C14H24N2O2/c1-4-15-6-13-5-14(17-10-13)9-16-7-11(2)18-12(3)8-16/h5,10-12,15H,4,6-9H2,1-3H3/t11-,12+. The van der Waals surface area contributed by atoms with Crippen LogP contribution in [-0.2, 0) is 17.8 Å². The Morgan fingerprint density at radius 3 is 2.72 bits per heavy atom. The molecule has 0 amide bonds. The van der Waals surface area contributed by atoms with Crippen LogP contribution in [0.3, 0.4) is 0 Å². The number of hydrogen-bond donors (Lipinski definition) is 1. The maximum Gasteiger partial charge on any atom is 0.118 e. The Balaban J connectivity index is 1.86. The van der Waals surface area contributed by atoms with Gasteiger partial charge in [-0.1, -0.05) is 6.92 Å². The fraction of sp³-hybridized carbons (Fsp3) is 0.714. The molecule has 1 aromatic heterocycles. The van der Waals surface area contributed by atoms with Crippen molar-refractivity contribution in [2.75, 3.05) is 19.6 Å². The number of hydrogen-bond acceptors (Lipinski definition) is 4. The van der Waals surface area contributed by atoms with Crippen molar-refractivity contribution in [1.29, 1.82) is 0 Å². The molecule has 1 aliphatic heterocycles. The molecule has 0 aliphatic carbocycles. The fourth-order valence-corrected chi connectivity index (χ4v) is 2.51. The number of rotatable bonds is 5. The molecule has 0 unspecified atom stereocenters. The van der Waals surface area contributed by atoms with Gasteiger partial charge in [0.05, 0.1) is 25.0 Å².